The Morgan fingerprint density at radius 3 is 2.32 bits per heavy atom. The maximum Gasteiger partial charge on any atom is 0.344 e. The van der Waals surface area contributed by atoms with Crippen molar-refractivity contribution in [2.24, 2.45) is 11.3 Å². The zero-order valence-electron chi connectivity index (χ0n) is 43.0. The van der Waals surface area contributed by atoms with Gasteiger partial charge in [0.2, 0.25) is 5.60 Å². The SMILES string of the molecule is CC[C@@]1(C[C@H]2CC[C@](C(=O)OC)(c3cc4c(cc3OC)N(C)[C@H]3[C@@](O)(C(=O)OC)[C@H](OC(C)=O)[C@]5(CC)C=CCN6CC[C@]43[C@@H]65)c3[nH]c4ccccc4c3CCN(Cc3ccccc3)C2)COC(C)(C)O1. The molecule has 380 valence electrons. The van der Waals surface area contributed by atoms with E-state index < -0.39 is 63.3 Å². The Morgan fingerprint density at radius 1 is 0.901 bits per heavy atom. The molecule has 6 heterocycles. The molecule has 2 saturated heterocycles. The Hall–Kier alpha value is -5.25. The van der Waals surface area contributed by atoms with Crippen molar-refractivity contribution < 1.29 is 47.9 Å². The van der Waals surface area contributed by atoms with Crippen LogP contribution >= 0.6 is 0 Å². The normalized spacial score (nSPS) is 33.2. The number of ether oxygens (including phenoxy) is 6. The largest absolute Gasteiger partial charge is 0.496 e. The fourth-order valence-corrected chi connectivity index (χ4v) is 15.0. The molecular weight excluding hydrogens is 901 g/mol. The quantitative estimate of drug-likeness (QED) is 0.0876. The van der Waals surface area contributed by atoms with E-state index in [1.165, 1.54) is 26.7 Å². The summed E-state index contributed by atoms with van der Waals surface area (Å²) in [6.45, 7) is 13.5. The molecule has 0 radical (unpaired) electrons. The topological polar surface area (TPSA) is 152 Å². The van der Waals surface area contributed by atoms with E-state index >= 15 is 4.79 Å². The van der Waals surface area contributed by atoms with Crippen molar-refractivity contribution in [3.05, 3.63) is 107 Å². The summed E-state index contributed by atoms with van der Waals surface area (Å²) in [7, 11) is 6.25. The number of aliphatic hydroxyl groups is 1. The first-order chi connectivity index (χ1) is 34.0. The number of aromatic amines is 1. The molecule has 1 aliphatic carbocycles. The Kier molecular flexibility index (Phi) is 12.5. The number of nitrogens with zero attached hydrogens (tertiary/aromatic N) is 3. The molecule has 10 rings (SSSR count). The Labute approximate surface area is 417 Å². The van der Waals surface area contributed by atoms with Crippen molar-refractivity contribution in [2.45, 2.75) is 132 Å². The van der Waals surface area contributed by atoms with Crippen molar-refractivity contribution in [3.63, 3.8) is 0 Å². The lowest BCUT2D eigenvalue weighted by Gasteiger charge is -2.63. The van der Waals surface area contributed by atoms with Crippen LogP contribution in [0.25, 0.3) is 10.9 Å². The van der Waals surface area contributed by atoms with Gasteiger partial charge in [-0.25, -0.2) is 4.79 Å². The molecule has 3 aromatic carbocycles. The van der Waals surface area contributed by atoms with Crippen LogP contribution in [0.1, 0.15) is 101 Å². The van der Waals surface area contributed by atoms with Gasteiger partial charge in [-0.05, 0) is 100 Å². The molecule has 9 atom stereocenters. The maximum absolute atomic E-state index is 15.8. The van der Waals surface area contributed by atoms with E-state index in [2.05, 4.69) is 82.4 Å². The number of H-pyrrole nitrogens is 1. The predicted molar refractivity (Wildman–Crippen MR) is 269 cm³/mol. The summed E-state index contributed by atoms with van der Waals surface area (Å²) < 4.78 is 37.5. The van der Waals surface area contributed by atoms with Gasteiger partial charge in [0.1, 0.15) is 11.2 Å². The minimum atomic E-state index is -2.32. The highest BCUT2D eigenvalue weighted by molar-refractivity contribution is 5.95. The van der Waals surface area contributed by atoms with Crippen LogP contribution in [0.15, 0.2) is 78.9 Å². The van der Waals surface area contributed by atoms with E-state index in [4.69, 9.17) is 28.4 Å². The van der Waals surface area contributed by atoms with Crippen LogP contribution in [-0.4, -0.2) is 134 Å². The number of hydrogen-bond acceptors (Lipinski definition) is 13. The third kappa shape index (κ3) is 7.39. The Morgan fingerprint density at radius 2 is 1.65 bits per heavy atom. The first kappa shape index (κ1) is 49.3. The van der Waals surface area contributed by atoms with Gasteiger partial charge in [-0.2, -0.15) is 0 Å². The van der Waals surface area contributed by atoms with Gasteiger partial charge in [-0.15, -0.1) is 0 Å². The number of para-hydroxylation sites is 1. The Balaban J connectivity index is 1.22. The second kappa shape index (κ2) is 18.0. The molecule has 5 aliphatic heterocycles. The molecular formula is C57H72N4O10. The fraction of sp³-hybridized carbons (Fsp3) is 0.561. The summed E-state index contributed by atoms with van der Waals surface area (Å²) in [6, 6.07) is 21.7. The third-order valence-corrected chi connectivity index (χ3v) is 17.8. The fourth-order valence-electron chi connectivity index (χ4n) is 15.0. The molecule has 1 aromatic heterocycles. The van der Waals surface area contributed by atoms with Crippen molar-refractivity contribution in [3.8, 4) is 5.75 Å². The van der Waals surface area contributed by atoms with Crippen molar-refractivity contribution in [2.75, 3.05) is 66.1 Å². The molecule has 1 saturated carbocycles. The van der Waals surface area contributed by atoms with Gasteiger partial charge >= 0.3 is 17.9 Å². The van der Waals surface area contributed by atoms with E-state index in [0.29, 0.717) is 69.5 Å². The minimum absolute atomic E-state index is 0.0508. The predicted octanol–water partition coefficient (Wildman–Crippen LogP) is 7.36. The number of carbonyl (C=O) groups excluding carboxylic acids is 3. The summed E-state index contributed by atoms with van der Waals surface area (Å²) in [5.74, 6) is -2.11. The van der Waals surface area contributed by atoms with Gasteiger partial charge in [-0.1, -0.05) is 74.5 Å². The number of hydrogen-bond donors (Lipinski definition) is 2. The second-order valence-electron chi connectivity index (χ2n) is 21.8. The number of carbonyl (C=O) groups is 3. The standard InChI is InChI=1S/C57H72N4O10/c1-10-53(35-69-52(4,5)71-53)32-38-22-25-55(50(63)67-8,46-40(39-20-15-16-21-43(39)58-46)23-28-60(34-38)33-37-18-13-12-14-19-37)42-30-41-44(31-45(42)66-7)59(6)48-56(41)26-29-61-27-17-24-54(11-2,47(56)61)49(70-36(3)62)57(48,65)51(64)68-9/h12-21,24,30-31,38,47-49,58,65H,10-11,22-23,25-29,32-35H2,1-9H3/t38-,47+,48-,49-,53-,54-,55+,56-,57+/m1/s1. The first-order valence-electron chi connectivity index (χ1n) is 25.7. The molecule has 6 aliphatic rings. The van der Waals surface area contributed by atoms with Gasteiger partial charge in [0.05, 0.1) is 39.6 Å². The zero-order valence-corrected chi connectivity index (χ0v) is 43.0. The lowest BCUT2D eigenvalue weighted by molar-refractivity contribution is -0.228. The Bertz CT molecular complexity index is 2740. The van der Waals surface area contributed by atoms with Gasteiger partial charge in [0.25, 0.3) is 0 Å². The highest BCUT2D eigenvalue weighted by Gasteiger charge is 2.80. The smallest absolute Gasteiger partial charge is 0.344 e. The van der Waals surface area contributed by atoms with Crippen LogP contribution in [0.2, 0.25) is 0 Å². The average Bonchev–Trinajstić information content (AvgIpc) is 4.11. The summed E-state index contributed by atoms with van der Waals surface area (Å²) in [6.07, 6.45) is 6.97. The second-order valence-corrected chi connectivity index (χ2v) is 21.8. The summed E-state index contributed by atoms with van der Waals surface area (Å²) in [5, 5.41) is 14.6. The van der Waals surface area contributed by atoms with E-state index in [9.17, 15) is 14.7 Å². The van der Waals surface area contributed by atoms with Crippen molar-refractivity contribution >= 4 is 34.5 Å². The minimum Gasteiger partial charge on any atom is -0.496 e. The summed E-state index contributed by atoms with van der Waals surface area (Å²) in [4.78, 5) is 54.4. The molecule has 0 bridgehead atoms. The number of anilines is 1. The first-order valence-corrected chi connectivity index (χ1v) is 25.7. The van der Waals surface area contributed by atoms with E-state index in [-0.39, 0.29) is 12.0 Å². The van der Waals surface area contributed by atoms with Gasteiger partial charge in [0.15, 0.2) is 11.9 Å². The molecule has 14 heteroatoms. The number of methoxy groups -OCH3 is 3. The van der Waals surface area contributed by atoms with E-state index in [1.54, 1.807) is 7.11 Å². The lowest BCUT2D eigenvalue weighted by atomic mass is 9.47. The number of benzene rings is 3. The van der Waals surface area contributed by atoms with Crippen LogP contribution < -0.4 is 9.64 Å². The van der Waals surface area contributed by atoms with E-state index in [1.807, 2.05) is 50.9 Å². The number of rotatable bonds is 11. The monoisotopic (exact) mass is 973 g/mol. The molecule has 0 amide bonds. The molecule has 0 unspecified atom stereocenters. The number of fused-ring (bicyclic) bond motifs is 4. The van der Waals surface area contributed by atoms with Crippen LogP contribution in [0.4, 0.5) is 5.69 Å². The molecule has 3 fully saturated rings. The molecule has 71 heavy (non-hydrogen) atoms. The van der Waals surface area contributed by atoms with Crippen LogP contribution in [0.5, 0.6) is 5.75 Å². The number of esters is 3. The van der Waals surface area contributed by atoms with Crippen molar-refractivity contribution in [1.29, 1.82) is 0 Å². The van der Waals surface area contributed by atoms with Gasteiger partial charge in [-0.3, -0.25) is 19.4 Å². The van der Waals surface area contributed by atoms with Gasteiger partial charge < -0.3 is 43.4 Å². The number of aromatic nitrogens is 1. The van der Waals surface area contributed by atoms with Crippen LogP contribution in [0.3, 0.4) is 0 Å². The molecule has 1 spiro atoms. The van der Waals surface area contributed by atoms with Crippen LogP contribution in [-0.2, 0) is 61.9 Å². The van der Waals surface area contributed by atoms with Gasteiger partial charge in [0, 0.05) is 90.9 Å². The average molecular weight is 973 g/mol. The number of likely N-dealkylation sites (N-methyl/N-ethyl adjacent to an activating group) is 1. The highest BCUT2D eigenvalue weighted by atomic mass is 16.8. The lowest BCUT2D eigenvalue weighted by Crippen LogP contribution is -2.81. The molecule has 14 nitrogen and oxygen atoms in total. The summed E-state index contributed by atoms with van der Waals surface area (Å²) in [5.41, 5.74) is 0.00340. The maximum atomic E-state index is 15.8. The molecule has 2 N–H and O–H groups in total. The zero-order chi connectivity index (χ0) is 50.3. The van der Waals surface area contributed by atoms with E-state index in [0.717, 1.165) is 59.5 Å². The van der Waals surface area contributed by atoms with Crippen LogP contribution in [0, 0.1) is 11.3 Å². The highest BCUT2D eigenvalue weighted by Crippen LogP contribution is 2.68. The summed E-state index contributed by atoms with van der Waals surface area (Å²) >= 11 is 0. The third-order valence-electron chi connectivity index (χ3n) is 17.8. The van der Waals surface area contributed by atoms with Crippen molar-refractivity contribution in [1.82, 2.24) is 14.8 Å². The number of nitrogens with one attached hydrogen (secondary N) is 1. The molecule has 4 aromatic rings.